The Bertz CT molecular complexity index is 472. The summed E-state index contributed by atoms with van der Waals surface area (Å²) in [6.45, 7) is 2.32. The van der Waals surface area contributed by atoms with E-state index in [9.17, 15) is 18.0 Å². The molecule has 0 fully saturated rings. The molecule has 1 aromatic rings. The van der Waals surface area contributed by atoms with E-state index < -0.39 is 17.6 Å². The number of alkyl halides is 3. The Balaban J connectivity index is 2.98. The molecule has 1 amide bonds. The molecule has 0 bridgehead atoms. The van der Waals surface area contributed by atoms with Crippen molar-refractivity contribution in [2.24, 2.45) is 5.73 Å². The fraction of sp³-hybridized carbons (Fsp3) is 0.364. The van der Waals surface area contributed by atoms with E-state index in [4.69, 9.17) is 17.3 Å². The van der Waals surface area contributed by atoms with Crippen LogP contribution in [-0.4, -0.2) is 17.6 Å². The van der Waals surface area contributed by atoms with Crippen LogP contribution in [0.4, 0.5) is 18.9 Å². The van der Waals surface area contributed by atoms with Crippen molar-refractivity contribution in [1.29, 1.82) is 0 Å². The van der Waals surface area contributed by atoms with E-state index in [0.717, 1.165) is 5.56 Å². The second-order valence-electron chi connectivity index (χ2n) is 4.14. The molecule has 3 nitrogen and oxygen atoms in total. The molecule has 0 aromatic heterocycles. The average Bonchev–Trinajstić information content (AvgIpc) is 2.21. The van der Waals surface area contributed by atoms with Gasteiger partial charge in [-0.15, -0.1) is 0 Å². The third-order valence-corrected chi connectivity index (χ3v) is 2.76. The molecule has 0 saturated carbocycles. The molecule has 0 aliphatic carbocycles. The molecule has 100 valence electrons. The van der Waals surface area contributed by atoms with Crippen LogP contribution in [0.1, 0.15) is 12.5 Å². The van der Waals surface area contributed by atoms with Crippen LogP contribution in [0.3, 0.4) is 0 Å². The van der Waals surface area contributed by atoms with Gasteiger partial charge < -0.3 is 11.1 Å². The second-order valence-corrected chi connectivity index (χ2v) is 4.54. The maximum atomic E-state index is 12.5. The Kier molecular flexibility index (Phi) is 3.92. The van der Waals surface area contributed by atoms with Gasteiger partial charge in [0, 0.05) is 0 Å². The fourth-order valence-corrected chi connectivity index (χ4v) is 1.28. The lowest BCUT2D eigenvalue weighted by Crippen LogP contribution is -2.59. The molecule has 1 rings (SSSR count). The lowest BCUT2D eigenvalue weighted by Gasteiger charge is -2.26. The van der Waals surface area contributed by atoms with Crippen LogP contribution in [0.5, 0.6) is 0 Å². The number of rotatable bonds is 2. The van der Waals surface area contributed by atoms with Gasteiger partial charge in [0.15, 0.2) is 5.54 Å². The quantitative estimate of drug-likeness (QED) is 0.875. The SMILES string of the molecule is Cc1ccc(Cl)c(NC(=O)C(C)(N)C(F)(F)F)c1. The second kappa shape index (κ2) is 4.78. The number of hydrogen-bond acceptors (Lipinski definition) is 2. The molecule has 0 radical (unpaired) electrons. The van der Waals surface area contributed by atoms with Crippen molar-refractivity contribution in [3.05, 3.63) is 28.8 Å². The highest BCUT2D eigenvalue weighted by molar-refractivity contribution is 6.33. The van der Waals surface area contributed by atoms with Crippen LogP contribution >= 0.6 is 11.6 Å². The zero-order valence-corrected chi connectivity index (χ0v) is 10.5. The third kappa shape index (κ3) is 2.94. The number of aryl methyl sites for hydroxylation is 1. The number of nitrogens with two attached hydrogens (primary N) is 1. The van der Waals surface area contributed by atoms with Crippen LogP contribution in [0.2, 0.25) is 5.02 Å². The van der Waals surface area contributed by atoms with E-state index in [-0.39, 0.29) is 10.7 Å². The number of carbonyl (C=O) groups is 1. The summed E-state index contributed by atoms with van der Waals surface area (Å²) in [5, 5.41) is 2.23. The minimum Gasteiger partial charge on any atom is -0.323 e. The van der Waals surface area contributed by atoms with E-state index in [1.165, 1.54) is 12.1 Å². The van der Waals surface area contributed by atoms with Crippen molar-refractivity contribution in [3.8, 4) is 0 Å². The summed E-state index contributed by atoms with van der Waals surface area (Å²) in [5.74, 6) is -1.36. The molecule has 0 saturated heterocycles. The summed E-state index contributed by atoms with van der Waals surface area (Å²) in [7, 11) is 0. The third-order valence-electron chi connectivity index (χ3n) is 2.43. The first-order valence-corrected chi connectivity index (χ1v) is 5.36. The summed E-state index contributed by atoms with van der Waals surface area (Å²) >= 11 is 5.77. The summed E-state index contributed by atoms with van der Waals surface area (Å²) in [6, 6.07) is 4.62. The topological polar surface area (TPSA) is 55.1 Å². The van der Waals surface area contributed by atoms with Crippen molar-refractivity contribution < 1.29 is 18.0 Å². The van der Waals surface area contributed by atoms with E-state index in [2.05, 4.69) is 5.32 Å². The first-order valence-electron chi connectivity index (χ1n) is 4.99. The number of halogens is 4. The van der Waals surface area contributed by atoms with Gasteiger partial charge in [-0.3, -0.25) is 4.79 Å². The molecule has 1 aromatic carbocycles. The predicted molar refractivity (Wildman–Crippen MR) is 63.5 cm³/mol. The number of benzene rings is 1. The summed E-state index contributed by atoms with van der Waals surface area (Å²) in [5.41, 5.74) is 2.87. The van der Waals surface area contributed by atoms with E-state index in [1.807, 2.05) is 0 Å². The zero-order chi connectivity index (χ0) is 14.1. The Hall–Kier alpha value is -1.27. The first kappa shape index (κ1) is 14.8. The molecule has 0 aliphatic heterocycles. The number of hydrogen-bond donors (Lipinski definition) is 2. The average molecular weight is 281 g/mol. The molecule has 0 spiro atoms. The van der Waals surface area contributed by atoms with Gasteiger partial charge in [-0.2, -0.15) is 13.2 Å². The van der Waals surface area contributed by atoms with Crippen molar-refractivity contribution in [1.82, 2.24) is 0 Å². The lowest BCUT2D eigenvalue weighted by atomic mass is 10.0. The number of anilines is 1. The number of carbonyl (C=O) groups excluding carboxylic acids is 1. The van der Waals surface area contributed by atoms with Gasteiger partial charge in [0.1, 0.15) is 0 Å². The minimum absolute atomic E-state index is 0.0996. The summed E-state index contributed by atoms with van der Waals surface area (Å²) in [4.78, 5) is 11.5. The summed E-state index contributed by atoms with van der Waals surface area (Å²) < 4.78 is 37.6. The highest BCUT2D eigenvalue weighted by atomic mass is 35.5. The van der Waals surface area contributed by atoms with Crippen LogP contribution < -0.4 is 11.1 Å². The monoisotopic (exact) mass is 280 g/mol. The molecule has 1 atom stereocenters. The van der Waals surface area contributed by atoms with Gasteiger partial charge in [-0.25, -0.2) is 0 Å². The molecular weight excluding hydrogens is 269 g/mol. The molecular formula is C11H12ClF3N2O. The van der Waals surface area contributed by atoms with Crippen LogP contribution in [0.25, 0.3) is 0 Å². The molecule has 18 heavy (non-hydrogen) atoms. The van der Waals surface area contributed by atoms with Gasteiger partial charge in [-0.05, 0) is 31.5 Å². The number of nitrogens with one attached hydrogen (secondary N) is 1. The molecule has 0 aliphatic rings. The standard InChI is InChI=1S/C11H12ClF3N2O/c1-6-3-4-7(12)8(5-6)17-9(18)10(2,16)11(13,14)15/h3-5H,16H2,1-2H3,(H,17,18). The maximum Gasteiger partial charge on any atom is 0.415 e. The Labute approximate surface area is 107 Å². The fourth-order valence-electron chi connectivity index (χ4n) is 1.12. The zero-order valence-electron chi connectivity index (χ0n) is 9.73. The Morgan fingerprint density at radius 1 is 1.39 bits per heavy atom. The molecule has 1 unspecified atom stereocenters. The first-order chi connectivity index (χ1) is 8.05. The Morgan fingerprint density at radius 2 is 1.94 bits per heavy atom. The maximum absolute atomic E-state index is 12.5. The van der Waals surface area contributed by atoms with E-state index in [1.54, 1.807) is 13.0 Å². The van der Waals surface area contributed by atoms with E-state index >= 15 is 0 Å². The predicted octanol–water partition coefficient (Wildman–Crippen LogP) is 2.87. The molecule has 7 heteroatoms. The van der Waals surface area contributed by atoms with E-state index in [0.29, 0.717) is 6.92 Å². The molecule has 3 N–H and O–H groups in total. The van der Waals surface area contributed by atoms with Gasteiger partial charge in [-0.1, -0.05) is 17.7 Å². The summed E-state index contributed by atoms with van der Waals surface area (Å²) in [6.07, 6.45) is -4.84. The largest absolute Gasteiger partial charge is 0.415 e. The van der Waals surface area contributed by atoms with Crippen molar-refractivity contribution in [2.45, 2.75) is 25.6 Å². The minimum atomic E-state index is -4.84. The van der Waals surface area contributed by atoms with Gasteiger partial charge in [0.25, 0.3) is 5.91 Å². The van der Waals surface area contributed by atoms with Crippen LogP contribution in [0, 0.1) is 6.92 Å². The van der Waals surface area contributed by atoms with Crippen LogP contribution in [-0.2, 0) is 4.79 Å². The Morgan fingerprint density at radius 3 is 2.44 bits per heavy atom. The van der Waals surface area contributed by atoms with Crippen LogP contribution in [0.15, 0.2) is 18.2 Å². The van der Waals surface area contributed by atoms with Crippen molar-refractivity contribution >= 4 is 23.2 Å². The van der Waals surface area contributed by atoms with Gasteiger partial charge in [0.05, 0.1) is 10.7 Å². The highest BCUT2D eigenvalue weighted by Crippen LogP contribution is 2.30. The van der Waals surface area contributed by atoms with Crippen molar-refractivity contribution in [2.75, 3.05) is 5.32 Å². The normalized spacial score (nSPS) is 15.1. The van der Waals surface area contributed by atoms with Gasteiger partial charge in [0.2, 0.25) is 0 Å². The smallest absolute Gasteiger partial charge is 0.323 e. The number of amides is 1. The highest BCUT2D eigenvalue weighted by Gasteiger charge is 2.54. The lowest BCUT2D eigenvalue weighted by molar-refractivity contribution is -0.184. The molecule has 0 heterocycles. The van der Waals surface area contributed by atoms with Gasteiger partial charge >= 0.3 is 6.18 Å². The van der Waals surface area contributed by atoms with Crippen molar-refractivity contribution in [3.63, 3.8) is 0 Å².